The van der Waals surface area contributed by atoms with E-state index in [9.17, 15) is 9.59 Å². The molecule has 2 aromatic carbocycles. The molecule has 0 aliphatic carbocycles. The van der Waals surface area contributed by atoms with E-state index in [1.54, 1.807) is 24.1 Å². The molecule has 3 aromatic rings. The number of carbonyl (C=O) groups is 2. The number of aromatic nitrogens is 2. The van der Waals surface area contributed by atoms with Crippen molar-refractivity contribution in [3.8, 4) is 11.1 Å². The average Bonchev–Trinajstić information content (AvgIpc) is 3.35. The van der Waals surface area contributed by atoms with Crippen molar-refractivity contribution in [3.63, 3.8) is 0 Å². The summed E-state index contributed by atoms with van der Waals surface area (Å²) < 4.78 is 1.79. The minimum Gasteiger partial charge on any atom is -0.359 e. The van der Waals surface area contributed by atoms with E-state index in [1.165, 1.54) is 0 Å². The fourth-order valence-corrected chi connectivity index (χ4v) is 4.83. The highest BCUT2D eigenvalue weighted by Gasteiger charge is 2.43. The molecule has 1 atom stereocenters. The number of piperidine rings is 1. The standard InChI is InChI=1S/C27H32N4O2/c1-20(2)31-18-23(17-29-31)25(32)30-15-9-14-27(19-30,26(33)28-3)16-22-12-7-8-13-24(22)21-10-5-4-6-11-21/h4-8,10-13,17-18,20H,9,14-16,19H2,1-3H3,(H,28,33)/t27-/m1/s1. The van der Waals surface area contributed by atoms with Gasteiger partial charge >= 0.3 is 0 Å². The number of benzene rings is 2. The van der Waals surface area contributed by atoms with Crippen molar-refractivity contribution in [2.24, 2.45) is 5.41 Å². The number of hydrogen-bond donors (Lipinski definition) is 1. The predicted molar refractivity (Wildman–Crippen MR) is 130 cm³/mol. The van der Waals surface area contributed by atoms with Crippen molar-refractivity contribution < 1.29 is 9.59 Å². The monoisotopic (exact) mass is 444 g/mol. The second kappa shape index (κ2) is 9.61. The lowest BCUT2D eigenvalue weighted by Gasteiger charge is -2.42. The fourth-order valence-electron chi connectivity index (χ4n) is 4.83. The molecule has 6 heteroatoms. The molecule has 6 nitrogen and oxygen atoms in total. The third-order valence-corrected chi connectivity index (χ3v) is 6.58. The second-order valence-electron chi connectivity index (χ2n) is 9.19. The van der Waals surface area contributed by atoms with Crippen LogP contribution >= 0.6 is 0 Å². The van der Waals surface area contributed by atoms with E-state index < -0.39 is 5.41 Å². The second-order valence-corrected chi connectivity index (χ2v) is 9.19. The lowest BCUT2D eigenvalue weighted by Crippen LogP contribution is -2.54. The predicted octanol–water partition coefficient (Wildman–Crippen LogP) is 4.34. The van der Waals surface area contributed by atoms with Crippen molar-refractivity contribution in [2.75, 3.05) is 20.1 Å². The molecular formula is C27H32N4O2. The number of rotatable bonds is 6. The maximum absolute atomic E-state index is 13.3. The summed E-state index contributed by atoms with van der Waals surface area (Å²) in [6.45, 7) is 5.10. The van der Waals surface area contributed by atoms with Crippen molar-refractivity contribution in [1.29, 1.82) is 0 Å². The van der Waals surface area contributed by atoms with Gasteiger partial charge in [-0.3, -0.25) is 14.3 Å². The Labute approximate surface area is 195 Å². The van der Waals surface area contributed by atoms with Crippen LogP contribution in [0.1, 0.15) is 48.7 Å². The Morgan fingerprint density at radius 2 is 1.82 bits per heavy atom. The van der Waals surface area contributed by atoms with Gasteiger partial charge in [-0.15, -0.1) is 0 Å². The zero-order chi connectivity index (χ0) is 23.4. The maximum Gasteiger partial charge on any atom is 0.257 e. The third-order valence-electron chi connectivity index (χ3n) is 6.58. The molecule has 0 bridgehead atoms. The van der Waals surface area contributed by atoms with Crippen LogP contribution < -0.4 is 5.32 Å². The largest absolute Gasteiger partial charge is 0.359 e. The number of hydrogen-bond acceptors (Lipinski definition) is 3. The summed E-state index contributed by atoms with van der Waals surface area (Å²) in [5, 5.41) is 7.20. The summed E-state index contributed by atoms with van der Waals surface area (Å²) in [6.07, 6.45) is 5.53. The van der Waals surface area contributed by atoms with E-state index in [1.807, 2.05) is 49.1 Å². The van der Waals surface area contributed by atoms with Crippen molar-refractivity contribution in [1.82, 2.24) is 20.0 Å². The minimum atomic E-state index is -0.679. The molecule has 172 valence electrons. The van der Waals surface area contributed by atoms with Gasteiger partial charge < -0.3 is 10.2 Å². The lowest BCUT2D eigenvalue weighted by molar-refractivity contribution is -0.133. The third kappa shape index (κ3) is 4.70. The maximum atomic E-state index is 13.3. The van der Waals surface area contributed by atoms with Gasteiger partial charge in [0, 0.05) is 32.4 Å². The Bertz CT molecular complexity index is 1120. The molecule has 2 heterocycles. The van der Waals surface area contributed by atoms with Gasteiger partial charge in [0.2, 0.25) is 5.91 Å². The molecular weight excluding hydrogens is 412 g/mol. The van der Waals surface area contributed by atoms with E-state index in [0.29, 0.717) is 25.1 Å². The Morgan fingerprint density at radius 1 is 1.09 bits per heavy atom. The molecule has 1 aliphatic rings. The van der Waals surface area contributed by atoms with Crippen LogP contribution in [0.25, 0.3) is 11.1 Å². The molecule has 0 spiro atoms. The molecule has 1 aromatic heterocycles. The average molecular weight is 445 g/mol. The molecule has 0 unspecified atom stereocenters. The minimum absolute atomic E-state index is 0.0132. The van der Waals surface area contributed by atoms with Gasteiger partial charge in [0.25, 0.3) is 5.91 Å². The Balaban J connectivity index is 1.64. The summed E-state index contributed by atoms with van der Waals surface area (Å²) >= 11 is 0. The van der Waals surface area contributed by atoms with Crippen LogP contribution in [0.15, 0.2) is 67.0 Å². The molecule has 33 heavy (non-hydrogen) atoms. The smallest absolute Gasteiger partial charge is 0.257 e. The first-order valence-electron chi connectivity index (χ1n) is 11.6. The van der Waals surface area contributed by atoms with Crippen molar-refractivity contribution >= 4 is 11.8 Å². The topological polar surface area (TPSA) is 67.2 Å². The Hall–Kier alpha value is -3.41. The highest BCUT2D eigenvalue weighted by Crippen LogP contribution is 2.37. The molecule has 1 aliphatic heterocycles. The first-order valence-corrected chi connectivity index (χ1v) is 11.6. The van der Waals surface area contributed by atoms with Gasteiger partial charge in [0.15, 0.2) is 0 Å². The SMILES string of the molecule is CNC(=O)[C@@]1(Cc2ccccc2-c2ccccc2)CCCN(C(=O)c2cnn(C(C)C)c2)C1. The van der Waals surface area contributed by atoms with Gasteiger partial charge in [-0.05, 0) is 49.8 Å². The van der Waals surface area contributed by atoms with Crippen molar-refractivity contribution in [2.45, 2.75) is 39.2 Å². The molecule has 1 saturated heterocycles. The number of carbonyl (C=O) groups excluding carboxylic acids is 2. The summed E-state index contributed by atoms with van der Waals surface area (Å²) in [6, 6.07) is 18.7. The number of nitrogens with one attached hydrogen (secondary N) is 1. The van der Waals surface area contributed by atoms with Crippen LogP contribution in [0.4, 0.5) is 0 Å². The summed E-state index contributed by atoms with van der Waals surface area (Å²) in [5.41, 5.74) is 3.27. The van der Waals surface area contributed by atoms with Crippen LogP contribution in [0, 0.1) is 5.41 Å². The summed E-state index contributed by atoms with van der Waals surface area (Å²) in [4.78, 5) is 28.4. The van der Waals surface area contributed by atoms with E-state index >= 15 is 0 Å². The highest BCUT2D eigenvalue weighted by atomic mass is 16.2. The van der Waals surface area contributed by atoms with Gasteiger partial charge in [0.05, 0.1) is 17.2 Å². The van der Waals surface area contributed by atoms with Gasteiger partial charge in [-0.25, -0.2) is 0 Å². The number of amides is 2. The van der Waals surface area contributed by atoms with Gasteiger partial charge in [-0.1, -0.05) is 54.6 Å². The van der Waals surface area contributed by atoms with E-state index in [2.05, 4.69) is 34.7 Å². The first kappa shape index (κ1) is 22.8. The lowest BCUT2D eigenvalue weighted by atomic mass is 9.73. The zero-order valence-corrected chi connectivity index (χ0v) is 19.6. The van der Waals surface area contributed by atoms with Gasteiger partial charge in [-0.2, -0.15) is 5.10 Å². The van der Waals surface area contributed by atoms with Crippen LogP contribution in [0.3, 0.4) is 0 Å². The number of nitrogens with zero attached hydrogens (tertiary/aromatic N) is 3. The van der Waals surface area contributed by atoms with E-state index in [0.717, 1.165) is 29.5 Å². The molecule has 0 saturated carbocycles. The summed E-state index contributed by atoms with van der Waals surface area (Å²) in [7, 11) is 1.68. The molecule has 2 amide bonds. The van der Waals surface area contributed by atoms with E-state index in [-0.39, 0.29) is 17.9 Å². The van der Waals surface area contributed by atoms with Crippen LogP contribution in [0.2, 0.25) is 0 Å². The Kier molecular flexibility index (Phi) is 6.63. The zero-order valence-electron chi connectivity index (χ0n) is 19.6. The van der Waals surface area contributed by atoms with Crippen LogP contribution in [0.5, 0.6) is 0 Å². The fraction of sp³-hybridized carbons (Fsp3) is 0.370. The molecule has 1 fully saturated rings. The van der Waals surface area contributed by atoms with Crippen molar-refractivity contribution in [3.05, 3.63) is 78.1 Å². The number of likely N-dealkylation sites (tertiary alicyclic amines) is 1. The van der Waals surface area contributed by atoms with E-state index in [4.69, 9.17) is 0 Å². The van der Waals surface area contributed by atoms with Gasteiger partial charge in [0.1, 0.15) is 0 Å². The summed E-state index contributed by atoms with van der Waals surface area (Å²) in [5.74, 6) is -0.0769. The quantitative estimate of drug-likeness (QED) is 0.615. The molecule has 0 radical (unpaired) electrons. The van der Waals surface area contributed by atoms with Crippen LogP contribution in [-0.2, 0) is 11.2 Å². The highest BCUT2D eigenvalue weighted by molar-refractivity contribution is 5.94. The Morgan fingerprint density at radius 3 is 2.52 bits per heavy atom. The first-order chi connectivity index (χ1) is 15.9. The normalized spacial score (nSPS) is 18.4. The van der Waals surface area contributed by atoms with Crippen LogP contribution in [-0.4, -0.2) is 46.6 Å². The molecule has 1 N–H and O–H groups in total. The molecule has 4 rings (SSSR count).